The van der Waals surface area contributed by atoms with Gasteiger partial charge in [0.1, 0.15) is 11.8 Å². The van der Waals surface area contributed by atoms with E-state index in [1.807, 2.05) is 30.3 Å². The van der Waals surface area contributed by atoms with Crippen molar-refractivity contribution in [1.29, 1.82) is 0 Å². The largest absolute Gasteiger partial charge is 0.467 e. The van der Waals surface area contributed by atoms with Crippen LogP contribution in [0.25, 0.3) is 0 Å². The number of pyridine rings is 1. The van der Waals surface area contributed by atoms with E-state index < -0.39 is 0 Å². The van der Waals surface area contributed by atoms with Gasteiger partial charge in [-0.25, -0.2) is 0 Å². The van der Waals surface area contributed by atoms with Crippen molar-refractivity contribution in [2.24, 2.45) is 0 Å². The average Bonchev–Trinajstić information content (AvgIpc) is 3.06. The Labute approximate surface area is 123 Å². The van der Waals surface area contributed by atoms with Gasteiger partial charge in [-0.15, -0.1) is 0 Å². The molecule has 1 aliphatic heterocycles. The quantitative estimate of drug-likeness (QED) is 0.879. The second kappa shape index (κ2) is 5.25. The number of hydrogen-bond acceptors (Lipinski definition) is 3. The fraction of sp³-hybridized carbons (Fsp3) is 0.333. The Morgan fingerprint density at radius 1 is 1.30 bits per heavy atom. The van der Waals surface area contributed by atoms with E-state index in [1.165, 1.54) is 0 Å². The van der Waals surface area contributed by atoms with Gasteiger partial charge in [0.05, 0.1) is 18.0 Å². The second-order valence-electron chi connectivity index (χ2n) is 5.14. The Balaban J connectivity index is 2.03. The van der Waals surface area contributed by atoms with Crippen LogP contribution in [0.15, 0.2) is 47.2 Å². The molecule has 4 nitrogen and oxygen atoms in total. The lowest BCUT2D eigenvalue weighted by Crippen LogP contribution is -2.35. The minimum atomic E-state index is 0.0113. The van der Waals surface area contributed by atoms with Crippen LogP contribution < -0.4 is 5.32 Å². The molecule has 1 fully saturated rings. The highest BCUT2D eigenvalue weighted by Crippen LogP contribution is 2.39. The zero-order valence-corrected chi connectivity index (χ0v) is 12.3. The SMILES string of the molecule is CC(C)N1C(=S)NC(c2ccccn2)C1c1ccco1. The highest BCUT2D eigenvalue weighted by atomic mass is 32.1. The molecule has 0 bridgehead atoms. The van der Waals surface area contributed by atoms with Gasteiger partial charge in [-0.05, 0) is 50.3 Å². The van der Waals surface area contributed by atoms with Gasteiger partial charge in [-0.3, -0.25) is 4.98 Å². The van der Waals surface area contributed by atoms with E-state index in [-0.39, 0.29) is 12.1 Å². The first kappa shape index (κ1) is 13.1. The van der Waals surface area contributed by atoms with Gasteiger partial charge >= 0.3 is 0 Å². The van der Waals surface area contributed by atoms with Crippen LogP contribution in [0.1, 0.15) is 37.4 Å². The second-order valence-corrected chi connectivity index (χ2v) is 5.53. The summed E-state index contributed by atoms with van der Waals surface area (Å²) in [6.07, 6.45) is 3.50. The Bertz CT molecular complexity index is 582. The molecule has 2 aromatic heterocycles. The summed E-state index contributed by atoms with van der Waals surface area (Å²) < 4.78 is 5.63. The van der Waals surface area contributed by atoms with E-state index in [1.54, 1.807) is 12.5 Å². The van der Waals surface area contributed by atoms with Crippen LogP contribution in [0.5, 0.6) is 0 Å². The third-order valence-electron chi connectivity index (χ3n) is 3.53. The van der Waals surface area contributed by atoms with Crippen LogP contribution >= 0.6 is 12.2 Å². The molecule has 1 N–H and O–H groups in total. The predicted molar refractivity (Wildman–Crippen MR) is 81.1 cm³/mol. The number of aromatic nitrogens is 1. The average molecular weight is 287 g/mol. The lowest BCUT2D eigenvalue weighted by molar-refractivity contribution is 0.236. The summed E-state index contributed by atoms with van der Waals surface area (Å²) in [7, 11) is 0. The molecule has 0 radical (unpaired) electrons. The van der Waals surface area contributed by atoms with Crippen LogP contribution in [0.4, 0.5) is 0 Å². The lowest BCUT2D eigenvalue weighted by Gasteiger charge is -2.29. The van der Waals surface area contributed by atoms with Crippen molar-refractivity contribution in [2.45, 2.75) is 32.0 Å². The summed E-state index contributed by atoms with van der Waals surface area (Å²) in [5.74, 6) is 0.904. The van der Waals surface area contributed by atoms with Gasteiger partial charge in [0, 0.05) is 12.2 Å². The van der Waals surface area contributed by atoms with Gasteiger partial charge in [0.25, 0.3) is 0 Å². The molecule has 3 heterocycles. The zero-order valence-electron chi connectivity index (χ0n) is 11.5. The van der Waals surface area contributed by atoms with Crippen LogP contribution in [0.2, 0.25) is 0 Å². The van der Waals surface area contributed by atoms with Crippen molar-refractivity contribution in [3.05, 3.63) is 54.2 Å². The number of nitrogens with zero attached hydrogens (tertiary/aromatic N) is 2. The highest BCUT2D eigenvalue weighted by molar-refractivity contribution is 7.80. The van der Waals surface area contributed by atoms with E-state index in [9.17, 15) is 0 Å². The summed E-state index contributed by atoms with van der Waals surface area (Å²) >= 11 is 5.49. The van der Waals surface area contributed by atoms with Gasteiger partial charge < -0.3 is 14.6 Å². The number of hydrogen-bond donors (Lipinski definition) is 1. The van der Waals surface area contributed by atoms with Crippen LogP contribution in [-0.4, -0.2) is 21.0 Å². The monoisotopic (exact) mass is 287 g/mol. The van der Waals surface area contributed by atoms with Gasteiger partial charge in [0.15, 0.2) is 5.11 Å². The van der Waals surface area contributed by atoms with Crippen LogP contribution in [0, 0.1) is 0 Å². The third-order valence-corrected chi connectivity index (χ3v) is 3.86. The molecule has 0 amide bonds. The van der Waals surface area contributed by atoms with Gasteiger partial charge in [0.2, 0.25) is 0 Å². The molecule has 20 heavy (non-hydrogen) atoms. The van der Waals surface area contributed by atoms with Crippen molar-refractivity contribution >= 4 is 17.3 Å². The molecule has 2 unspecified atom stereocenters. The summed E-state index contributed by atoms with van der Waals surface area (Å²) in [6, 6.07) is 10.2. The fourth-order valence-electron chi connectivity index (χ4n) is 2.69. The molecular formula is C15H17N3OS. The molecule has 2 aromatic rings. The molecule has 104 valence electrons. The van der Waals surface area contributed by atoms with Gasteiger partial charge in [-0.1, -0.05) is 6.07 Å². The molecule has 5 heteroatoms. The first-order valence-corrected chi connectivity index (χ1v) is 7.12. The molecule has 1 saturated heterocycles. The van der Waals surface area contributed by atoms with Crippen molar-refractivity contribution in [2.75, 3.05) is 0 Å². The van der Waals surface area contributed by atoms with Crippen molar-refractivity contribution in [1.82, 2.24) is 15.2 Å². The summed E-state index contributed by atoms with van der Waals surface area (Å²) in [6.45, 7) is 4.26. The zero-order chi connectivity index (χ0) is 14.1. The minimum Gasteiger partial charge on any atom is -0.467 e. The summed E-state index contributed by atoms with van der Waals surface area (Å²) in [5.41, 5.74) is 0.972. The lowest BCUT2D eigenvalue weighted by atomic mass is 10.0. The molecule has 0 saturated carbocycles. The Morgan fingerprint density at radius 3 is 2.75 bits per heavy atom. The molecule has 0 spiro atoms. The Kier molecular flexibility index (Phi) is 3.44. The van der Waals surface area contributed by atoms with Crippen LogP contribution in [-0.2, 0) is 0 Å². The standard InChI is InChI=1S/C15H17N3OS/c1-10(2)18-14(12-7-5-9-19-12)13(17-15(18)20)11-6-3-4-8-16-11/h3-10,13-14H,1-2H3,(H,17,20). The topological polar surface area (TPSA) is 41.3 Å². The number of nitrogens with one attached hydrogen (secondary N) is 1. The van der Waals surface area contributed by atoms with Crippen molar-refractivity contribution in [3.63, 3.8) is 0 Å². The van der Waals surface area contributed by atoms with Crippen molar-refractivity contribution < 1.29 is 4.42 Å². The predicted octanol–water partition coefficient (Wildman–Crippen LogP) is 3.06. The maximum atomic E-state index is 5.63. The van der Waals surface area contributed by atoms with Crippen LogP contribution in [0.3, 0.4) is 0 Å². The van der Waals surface area contributed by atoms with E-state index in [0.29, 0.717) is 6.04 Å². The van der Waals surface area contributed by atoms with E-state index >= 15 is 0 Å². The minimum absolute atomic E-state index is 0.0113. The molecule has 2 atom stereocenters. The first-order valence-electron chi connectivity index (χ1n) is 6.71. The number of furan rings is 1. The third kappa shape index (κ3) is 2.18. The normalized spacial score (nSPS) is 22.4. The van der Waals surface area contributed by atoms with Gasteiger partial charge in [-0.2, -0.15) is 0 Å². The smallest absolute Gasteiger partial charge is 0.170 e. The fourth-order valence-corrected chi connectivity index (χ4v) is 3.14. The van der Waals surface area contributed by atoms with E-state index in [0.717, 1.165) is 16.6 Å². The Morgan fingerprint density at radius 2 is 2.15 bits per heavy atom. The summed E-state index contributed by atoms with van der Waals surface area (Å²) in [5, 5.41) is 4.12. The number of thiocarbonyl (C=S) groups is 1. The van der Waals surface area contributed by atoms with Crippen molar-refractivity contribution in [3.8, 4) is 0 Å². The first-order chi connectivity index (χ1) is 9.68. The summed E-state index contributed by atoms with van der Waals surface area (Å²) in [4.78, 5) is 6.63. The molecule has 3 rings (SSSR count). The maximum Gasteiger partial charge on any atom is 0.170 e. The molecule has 1 aliphatic rings. The van der Waals surface area contributed by atoms with E-state index in [2.05, 4.69) is 29.0 Å². The molecule has 0 aromatic carbocycles. The Hall–Kier alpha value is -1.88. The van der Waals surface area contributed by atoms with E-state index in [4.69, 9.17) is 16.6 Å². The highest BCUT2D eigenvalue weighted by Gasteiger charge is 2.42. The molecule has 0 aliphatic carbocycles. The molecular weight excluding hydrogens is 270 g/mol. The maximum absolute atomic E-state index is 5.63. The number of rotatable bonds is 3.